The van der Waals surface area contributed by atoms with E-state index in [0.717, 1.165) is 67.6 Å². The van der Waals surface area contributed by atoms with Gasteiger partial charge in [-0.2, -0.15) is 0 Å². The maximum atomic E-state index is 6.61. The molecule has 244 valence electrons. The molecule has 1 aromatic heterocycles. The molecule has 0 amide bonds. The molecule has 2 aliphatic heterocycles. The molecule has 1 N–H and O–H groups in total. The minimum atomic E-state index is -0.117. The number of fused-ring (bicyclic) bond motifs is 1. The van der Waals surface area contributed by atoms with Gasteiger partial charge < -0.3 is 33.7 Å². The van der Waals surface area contributed by atoms with Crippen LogP contribution in [-0.4, -0.2) is 69.6 Å². The molecule has 0 spiro atoms. The number of aromatic nitrogens is 1. The first kappa shape index (κ1) is 32.6. The van der Waals surface area contributed by atoms with Crippen molar-refractivity contribution in [1.29, 1.82) is 0 Å². The van der Waals surface area contributed by atoms with Crippen molar-refractivity contribution in [3.05, 3.63) is 108 Å². The number of piperidine rings is 1. The Kier molecular flexibility index (Phi) is 12.4. The summed E-state index contributed by atoms with van der Waals surface area (Å²) in [6.45, 7) is 5.64. The van der Waals surface area contributed by atoms with Crippen LogP contribution in [0.5, 0.6) is 5.75 Å². The van der Waals surface area contributed by atoms with Gasteiger partial charge in [0.05, 0.1) is 57.4 Å². The number of pyridine rings is 1. The number of nitrogens with zero attached hydrogens (tertiary/aromatic N) is 1. The van der Waals surface area contributed by atoms with E-state index in [9.17, 15) is 0 Å². The molecular weight excluding hydrogens is 580 g/mol. The molecule has 0 radical (unpaired) electrons. The maximum absolute atomic E-state index is 6.61. The van der Waals surface area contributed by atoms with Crippen LogP contribution in [0.1, 0.15) is 48.3 Å². The minimum absolute atomic E-state index is 0.0474. The molecule has 4 atom stereocenters. The van der Waals surface area contributed by atoms with Gasteiger partial charge in [0, 0.05) is 43.6 Å². The lowest BCUT2D eigenvalue weighted by molar-refractivity contribution is -0.173. The molecule has 2 fully saturated rings. The smallest absolute Gasteiger partial charge is 0.157 e. The molecule has 0 bridgehead atoms. The van der Waals surface area contributed by atoms with Crippen molar-refractivity contribution >= 4 is 10.9 Å². The van der Waals surface area contributed by atoms with E-state index in [1.165, 1.54) is 11.1 Å². The van der Waals surface area contributed by atoms with Crippen molar-refractivity contribution in [2.45, 2.75) is 63.3 Å². The fourth-order valence-corrected chi connectivity index (χ4v) is 6.14. The highest BCUT2D eigenvalue weighted by Crippen LogP contribution is 2.32. The summed E-state index contributed by atoms with van der Waals surface area (Å²) in [5.41, 5.74) is 4.43. The van der Waals surface area contributed by atoms with E-state index in [4.69, 9.17) is 28.4 Å². The van der Waals surface area contributed by atoms with E-state index in [1.807, 2.05) is 30.5 Å². The van der Waals surface area contributed by atoms with Gasteiger partial charge in [0.25, 0.3) is 0 Å². The fraction of sp³-hybridized carbons (Fsp3) is 0.447. The Hall–Kier alpha value is -3.37. The number of hydrogen-bond donors (Lipinski definition) is 1. The summed E-state index contributed by atoms with van der Waals surface area (Å²) in [4.78, 5) is 4.52. The van der Waals surface area contributed by atoms with Gasteiger partial charge in [-0.15, -0.1) is 0 Å². The third-order valence-corrected chi connectivity index (χ3v) is 8.56. The zero-order valence-corrected chi connectivity index (χ0v) is 26.6. The van der Waals surface area contributed by atoms with Crippen LogP contribution >= 0.6 is 0 Å². The van der Waals surface area contributed by atoms with Gasteiger partial charge in [-0.05, 0) is 60.2 Å². The maximum Gasteiger partial charge on any atom is 0.157 e. The summed E-state index contributed by atoms with van der Waals surface area (Å²) in [6.07, 6.45) is 5.59. The van der Waals surface area contributed by atoms with E-state index in [2.05, 4.69) is 71.0 Å². The molecule has 4 aromatic rings. The Labute approximate surface area is 272 Å². The van der Waals surface area contributed by atoms with Crippen molar-refractivity contribution in [3.8, 4) is 5.75 Å². The van der Waals surface area contributed by atoms with E-state index in [0.29, 0.717) is 39.6 Å². The van der Waals surface area contributed by atoms with Crippen LogP contribution in [0.25, 0.3) is 10.9 Å². The second-order valence-corrected chi connectivity index (χ2v) is 11.9. The highest BCUT2D eigenvalue weighted by molar-refractivity contribution is 5.78. The fourth-order valence-electron chi connectivity index (χ4n) is 6.14. The van der Waals surface area contributed by atoms with Gasteiger partial charge in [0.1, 0.15) is 5.75 Å². The third-order valence-electron chi connectivity index (χ3n) is 8.56. The van der Waals surface area contributed by atoms with E-state index >= 15 is 0 Å². The summed E-state index contributed by atoms with van der Waals surface area (Å²) in [6, 6.07) is 29.0. The molecule has 3 heterocycles. The van der Waals surface area contributed by atoms with Gasteiger partial charge in [-0.1, -0.05) is 60.7 Å². The Morgan fingerprint density at radius 1 is 0.739 bits per heavy atom. The van der Waals surface area contributed by atoms with Crippen molar-refractivity contribution in [2.75, 3.05) is 46.1 Å². The lowest BCUT2D eigenvalue weighted by Gasteiger charge is -2.39. The number of ether oxygens (including phenoxy) is 6. The second kappa shape index (κ2) is 17.5. The van der Waals surface area contributed by atoms with Crippen molar-refractivity contribution in [2.24, 2.45) is 0 Å². The van der Waals surface area contributed by atoms with Crippen LogP contribution < -0.4 is 10.1 Å². The minimum Gasteiger partial charge on any atom is -0.494 e. The topological polar surface area (TPSA) is 80.3 Å². The highest BCUT2D eigenvalue weighted by Gasteiger charge is 2.36. The summed E-state index contributed by atoms with van der Waals surface area (Å²) in [7, 11) is 0. The third kappa shape index (κ3) is 9.58. The van der Waals surface area contributed by atoms with Gasteiger partial charge in [0.2, 0.25) is 0 Å². The molecule has 0 aliphatic carbocycles. The highest BCUT2D eigenvalue weighted by atomic mass is 16.7. The van der Waals surface area contributed by atoms with E-state index < -0.39 is 0 Å². The largest absolute Gasteiger partial charge is 0.494 e. The number of rotatable bonds is 16. The molecule has 3 aromatic carbocycles. The van der Waals surface area contributed by atoms with Crippen LogP contribution in [0.2, 0.25) is 0 Å². The lowest BCUT2D eigenvalue weighted by Crippen LogP contribution is -2.51. The Balaban J connectivity index is 1.05. The molecule has 8 nitrogen and oxygen atoms in total. The molecule has 8 heteroatoms. The van der Waals surface area contributed by atoms with Crippen molar-refractivity contribution < 1.29 is 28.4 Å². The number of benzene rings is 3. The summed E-state index contributed by atoms with van der Waals surface area (Å²) in [5.74, 6) is 0.895. The Morgan fingerprint density at radius 3 is 2.43 bits per heavy atom. The first-order valence-electron chi connectivity index (χ1n) is 16.7. The van der Waals surface area contributed by atoms with E-state index in [-0.39, 0.29) is 24.4 Å². The standard InChI is InChI=1S/C38H46N2O6/c1-2-8-29(9-3-1)27-41-19-7-21-42-33-16-14-32(15-17-33)38-35(43-22-23-45-37-11-4-5-20-44-37)25-39-26-36(38)46-28-30-12-13-31-10-6-18-40-34(31)24-30/h1-3,6,8-10,12-18,24,35-39H,4-5,7,11,19-23,25-28H2. The van der Waals surface area contributed by atoms with Crippen LogP contribution in [-0.2, 0) is 36.9 Å². The molecule has 46 heavy (non-hydrogen) atoms. The van der Waals surface area contributed by atoms with E-state index in [1.54, 1.807) is 0 Å². The molecule has 0 saturated carbocycles. The normalized spacial score (nSPS) is 21.7. The molecule has 2 aliphatic rings. The van der Waals surface area contributed by atoms with Gasteiger partial charge >= 0.3 is 0 Å². The summed E-state index contributed by atoms with van der Waals surface area (Å²) < 4.78 is 36.6. The van der Waals surface area contributed by atoms with Crippen LogP contribution in [0.15, 0.2) is 91.1 Å². The predicted molar refractivity (Wildman–Crippen MR) is 178 cm³/mol. The van der Waals surface area contributed by atoms with Crippen LogP contribution in [0.4, 0.5) is 0 Å². The molecule has 4 unspecified atom stereocenters. The molecule has 2 saturated heterocycles. The first-order valence-corrected chi connectivity index (χ1v) is 16.7. The average Bonchev–Trinajstić information content (AvgIpc) is 3.12. The number of hydrogen-bond acceptors (Lipinski definition) is 8. The molecule has 6 rings (SSSR count). The quantitative estimate of drug-likeness (QED) is 0.143. The molecular formula is C38H46N2O6. The first-order chi connectivity index (χ1) is 22.8. The second-order valence-electron chi connectivity index (χ2n) is 11.9. The SMILES string of the molecule is c1ccc(COCCCOc2ccc(C3C(OCCOC4CCCCO4)CNCC3OCc3ccc4cccnc4c3)cc2)cc1. The summed E-state index contributed by atoms with van der Waals surface area (Å²) in [5, 5.41) is 4.67. The van der Waals surface area contributed by atoms with Gasteiger partial charge in [-0.25, -0.2) is 0 Å². The zero-order chi connectivity index (χ0) is 31.2. The number of nitrogens with one attached hydrogen (secondary N) is 1. The summed E-state index contributed by atoms with van der Waals surface area (Å²) >= 11 is 0. The Bertz CT molecular complexity index is 1450. The van der Waals surface area contributed by atoms with Gasteiger partial charge in [0.15, 0.2) is 6.29 Å². The monoisotopic (exact) mass is 626 g/mol. The van der Waals surface area contributed by atoms with Crippen molar-refractivity contribution in [3.63, 3.8) is 0 Å². The van der Waals surface area contributed by atoms with Crippen molar-refractivity contribution in [1.82, 2.24) is 10.3 Å². The average molecular weight is 627 g/mol. The lowest BCUT2D eigenvalue weighted by atomic mass is 9.85. The Morgan fingerprint density at radius 2 is 1.59 bits per heavy atom. The van der Waals surface area contributed by atoms with Crippen LogP contribution in [0.3, 0.4) is 0 Å². The zero-order valence-electron chi connectivity index (χ0n) is 26.6. The van der Waals surface area contributed by atoms with Gasteiger partial charge in [-0.3, -0.25) is 4.98 Å². The predicted octanol–water partition coefficient (Wildman–Crippen LogP) is 6.42. The van der Waals surface area contributed by atoms with Crippen LogP contribution in [0, 0.1) is 0 Å².